The summed E-state index contributed by atoms with van der Waals surface area (Å²) in [6.07, 6.45) is 0. The quantitative estimate of drug-likeness (QED) is 0.525. The fraction of sp³-hybridized carbons (Fsp3) is 0.278. The molecule has 0 amide bonds. The molecule has 108 valence electrons. The number of ether oxygens (including phenoxy) is 1. The van der Waals surface area contributed by atoms with Gasteiger partial charge >= 0.3 is 5.97 Å². The van der Waals surface area contributed by atoms with Crippen LogP contribution < -0.4 is 4.74 Å². The van der Waals surface area contributed by atoms with Crippen LogP contribution in [0.3, 0.4) is 0 Å². The summed E-state index contributed by atoms with van der Waals surface area (Å²) in [6.45, 7) is 7.97. The Kier molecular flexibility index (Phi) is 3.01. The molecule has 0 aliphatic heterocycles. The number of hydrogen-bond donors (Lipinski definition) is 1. The fourth-order valence-corrected chi connectivity index (χ4v) is 2.55. The Labute approximate surface area is 123 Å². The van der Waals surface area contributed by atoms with E-state index < -0.39 is 0 Å². The first-order chi connectivity index (χ1) is 9.84. The Morgan fingerprint density at radius 2 is 1.76 bits per heavy atom. The summed E-state index contributed by atoms with van der Waals surface area (Å²) < 4.78 is 5.20. The first-order valence-corrected chi connectivity index (χ1v) is 7.09. The molecule has 0 aliphatic carbocycles. The maximum Gasteiger partial charge on any atom is 0.308 e. The van der Waals surface area contributed by atoms with Crippen molar-refractivity contribution in [1.29, 1.82) is 0 Å². The number of aromatic nitrogens is 1. The van der Waals surface area contributed by atoms with Gasteiger partial charge in [0.15, 0.2) is 0 Å². The highest BCUT2D eigenvalue weighted by Crippen LogP contribution is 2.32. The van der Waals surface area contributed by atoms with Crippen LogP contribution in [0.4, 0.5) is 0 Å². The number of carbonyl (C=O) groups excluding carboxylic acids is 1. The lowest BCUT2D eigenvalue weighted by molar-refractivity contribution is -0.131. The van der Waals surface area contributed by atoms with Crippen molar-refractivity contribution in [1.82, 2.24) is 4.98 Å². The van der Waals surface area contributed by atoms with Crippen molar-refractivity contribution in [2.75, 3.05) is 0 Å². The minimum absolute atomic E-state index is 0.0683. The largest absolute Gasteiger partial charge is 0.427 e. The zero-order valence-electron chi connectivity index (χ0n) is 12.8. The second-order valence-electron chi connectivity index (χ2n) is 6.44. The molecule has 0 atom stereocenters. The van der Waals surface area contributed by atoms with Gasteiger partial charge in [-0.1, -0.05) is 32.9 Å². The molecule has 0 spiro atoms. The molecule has 0 unspecified atom stereocenters. The van der Waals surface area contributed by atoms with Crippen LogP contribution in [0.5, 0.6) is 5.75 Å². The number of benzene rings is 2. The third kappa shape index (κ3) is 2.51. The van der Waals surface area contributed by atoms with Gasteiger partial charge in [0, 0.05) is 28.9 Å². The molecule has 0 fully saturated rings. The monoisotopic (exact) mass is 281 g/mol. The predicted octanol–water partition coefficient (Wildman–Crippen LogP) is 4.54. The molecule has 3 rings (SSSR count). The lowest BCUT2D eigenvalue weighted by atomic mass is 9.92. The SMILES string of the molecule is CC(=O)Oc1ccc2ccc3[nH]c(C(C)(C)C)cc3c2c1. The summed E-state index contributed by atoms with van der Waals surface area (Å²) in [5, 5.41) is 3.39. The van der Waals surface area contributed by atoms with Crippen molar-refractivity contribution in [3.8, 4) is 5.75 Å². The molecule has 0 bridgehead atoms. The summed E-state index contributed by atoms with van der Waals surface area (Å²) in [5.41, 5.74) is 2.37. The molecule has 1 heterocycles. The van der Waals surface area contributed by atoms with Crippen LogP contribution >= 0.6 is 0 Å². The van der Waals surface area contributed by atoms with Gasteiger partial charge < -0.3 is 9.72 Å². The molecule has 1 aromatic heterocycles. The number of fused-ring (bicyclic) bond motifs is 3. The Hall–Kier alpha value is -2.29. The van der Waals surface area contributed by atoms with E-state index in [1.54, 1.807) is 0 Å². The average Bonchev–Trinajstić information content (AvgIpc) is 2.82. The topological polar surface area (TPSA) is 42.1 Å². The molecular weight excluding hydrogens is 262 g/mol. The molecule has 1 N–H and O–H groups in total. The van der Waals surface area contributed by atoms with Gasteiger partial charge in [-0.25, -0.2) is 0 Å². The highest BCUT2D eigenvalue weighted by molar-refractivity contribution is 6.07. The van der Waals surface area contributed by atoms with Crippen LogP contribution in [-0.4, -0.2) is 11.0 Å². The van der Waals surface area contributed by atoms with Crippen molar-refractivity contribution in [3.05, 3.63) is 42.1 Å². The van der Waals surface area contributed by atoms with Crippen molar-refractivity contribution in [2.45, 2.75) is 33.1 Å². The highest BCUT2D eigenvalue weighted by Gasteiger charge is 2.17. The minimum atomic E-state index is -0.300. The van der Waals surface area contributed by atoms with Gasteiger partial charge in [-0.2, -0.15) is 0 Å². The third-order valence-electron chi connectivity index (χ3n) is 3.66. The van der Waals surface area contributed by atoms with E-state index in [2.05, 4.69) is 44.0 Å². The van der Waals surface area contributed by atoms with Gasteiger partial charge in [0.25, 0.3) is 0 Å². The third-order valence-corrected chi connectivity index (χ3v) is 3.66. The van der Waals surface area contributed by atoms with Crippen LogP contribution in [0.1, 0.15) is 33.4 Å². The molecule has 0 saturated carbocycles. The van der Waals surface area contributed by atoms with Gasteiger partial charge in [0.1, 0.15) is 5.75 Å². The number of nitrogens with one attached hydrogen (secondary N) is 1. The van der Waals surface area contributed by atoms with Gasteiger partial charge in [0.2, 0.25) is 0 Å². The molecule has 3 aromatic rings. The first-order valence-electron chi connectivity index (χ1n) is 7.09. The highest BCUT2D eigenvalue weighted by atomic mass is 16.5. The molecule has 3 nitrogen and oxygen atoms in total. The number of hydrogen-bond acceptors (Lipinski definition) is 2. The molecule has 0 saturated heterocycles. The molecule has 0 aliphatic rings. The Bertz CT molecular complexity index is 837. The fourth-order valence-electron chi connectivity index (χ4n) is 2.55. The van der Waals surface area contributed by atoms with E-state index >= 15 is 0 Å². The maximum atomic E-state index is 11.1. The average molecular weight is 281 g/mol. The lowest BCUT2D eigenvalue weighted by Gasteiger charge is -2.15. The lowest BCUT2D eigenvalue weighted by Crippen LogP contribution is -2.10. The Morgan fingerprint density at radius 3 is 2.43 bits per heavy atom. The Balaban J connectivity index is 2.25. The van der Waals surface area contributed by atoms with E-state index in [1.807, 2.05) is 18.2 Å². The van der Waals surface area contributed by atoms with Gasteiger partial charge in [0.05, 0.1) is 0 Å². The zero-order valence-corrected chi connectivity index (χ0v) is 12.8. The van der Waals surface area contributed by atoms with Crippen LogP contribution in [-0.2, 0) is 10.2 Å². The summed E-state index contributed by atoms with van der Waals surface area (Å²) in [5.74, 6) is 0.284. The number of rotatable bonds is 1. The first kappa shape index (κ1) is 13.7. The number of H-pyrrole nitrogens is 1. The van der Waals surface area contributed by atoms with E-state index in [1.165, 1.54) is 12.6 Å². The summed E-state index contributed by atoms with van der Waals surface area (Å²) >= 11 is 0. The standard InChI is InChI=1S/C18H19NO2/c1-11(20)21-13-7-5-12-6-8-16-15(14(12)9-13)10-17(19-16)18(2,3)4/h5-10,19H,1-4H3. The molecular formula is C18H19NO2. The molecule has 21 heavy (non-hydrogen) atoms. The van der Waals surface area contributed by atoms with Crippen LogP contribution in [0.15, 0.2) is 36.4 Å². The van der Waals surface area contributed by atoms with Crippen LogP contribution in [0.25, 0.3) is 21.7 Å². The Morgan fingerprint density at radius 1 is 1.05 bits per heavy atom. The summed E-state index contributed by atoms with van der Waals surface area (Å²) in [6, 6.07) is 12.1. The maximum absolute atomic E-state index is 11.1. The van der Waals surface area contributed by atoms with E-state index in [4.69, 9.17) is 4.74 Å². The van der Waals surface area contributed by atoms with E-state index in [9.17, 15) is 4.79 Å². The molecule has 0 radical (unpaired) electrons. The van der Waals surface area contributed by atoms with Gasteiger partial charge in [-0.15, -0.1) is 0 Å². The minimum Gasteiger partial charge on any atom is -0.427 e. The molecule has 2 aromatic carbocycles. The van der Waals surface area contributed by atoms with Crippen molar-refractivity contribution in [2.24, 2.45) is 0 Å². The second kappa shape index (κ2) is 4.62. The number of esters is 1. The van der Waals surface area contributed by atoms with Crippen molar-refractivity contribution in [3.63, 3.8) is 0 Å². The summed E-state index contributed by atoms with van der Waals surface area (Å²) in [4.78, 5) is 14.6. The summed E-state index contributed by atoms with van der Waals surface area (Å²) in [7, 11) is 0. The predicted molar refractivity (Wildman–Crippen MR) is 85.8 cm³/mol. The number of aromatic amines is 1. The van der Waals surface area contributed by atoms with E-state index in [0.717, 1.165) is 21.7 Å². The van der Waals surface area contributed by atoms with Crippen molar-refractivity contribution < 1.29 is 9.53 Å². The van der Waals surface area contributed by atoms with E-state index in [-0.39, 0.29) is 11.4 Å². The normalized spacial score (nSPS) is 12.0. The van der Waals surface area contributed by atoms with Gasteiger partial charge in [-0.05, 0) is 35.0 Å². The second-order valence-corrected chi connectivity index (χ2v) is 6.44. The van der Waals surface area contributed by atoms with Crippen LogP contribution in [0.2, 0.25) is 0 Å². The smallest absolute Gasteiger partial charge is 0.308 e. The molecule has 3 heteroatoms. The number of carbonyl (C=O) groups is 1. The van der Waals surface area contributed by atoms with E-state index in [0.29, 0.717) is 5.75 Å². The van der Waals surface area contributed by atoms with Gasteiger partial charge in [-0.3, -0.25) is 4.79 Å². The van der Waals surface area contributed by atoms with Crippen molar-refractivity contribution >= 4 is 27.6 Å². The zero-order chi connectivity index (χ0) is 15.2. The van der Waals surface area contributed by atoms with Crippen LogP contribution in [0, 0.1) is 0 Å².